The number of esters is 1. The predicted molar refractivity (Wildman–Crippen MR) is 97.7 cm³/mol. The monoisotopic (exact) mass is 395 g/mol. The molecule has 0 unspecified atom stereocenters. The molecule has 0 saturated carbocycles. The molecule has 0 aliphatic carbocycles. The van der Waals surface area contributed by atoms with Crippen molar-refractivity contribution < 1.29 is 22.7 Å². The van der Waals surface area contributed by atoms with Crippen molar-refractivity contribution in [3.63, 3.8) is 0 Å². The zero-order chi connectivity index (χ0) is 19.3. The Bertz CT molecular complexity index is 892. The lowest BCUT2D eigenvalue weighted by Gasteiger charge is -2.13. The van der Waals surface area contributed by atoms with Crippen molar-refractivity contribution in [2.24, 2.45) is 0 Å². The van der Waals surface area contributed by atoms with E-state index in [9.17, 15) is 18.0 Å². The second-order valence-corrected chi connectivity index (χ2v) is 7.84. The summed E-state index contributed by atoms with van der Waals surface area (Å²) < 4.78 is 31.6. The van der Waals surface area contributed by atoms with Crippen LogP contribution in [-0.2, 0) is 19.6 Å². The van der Waals surface area contributed by atoms with E-state index in [1.165, 1.54) is 31.2 Å². The number of Topliss-reactive ketones (excluding diaryl/α,β-unsaturated/α-hetero) is 1. The topological polar surface area (TPSA) is 89.5 Å². The minimum Gasteiger partial charge on any atom is -0.456 e. The maximum atomic E-state index is 12.3. The molecule has 0 amide bonds. The molecule has 2 rings (SSSR count). The molecule has 138 valence electrons. The van der Waals surface area contributed by atoms with Crippen molar-refractivity contribution in [2.75, 3.05) is 6.61 Å². The summed E-state index contributed by atoms with van der Waals surface area (Å²) in [6.07, 6.45) is 0. The molecule has 2 aromatic carbocycles. The van der Waals surface area contributed by atoms with Gasteiger partial charge in [0.1, 0.15) is 6.04 Å². The number of halogens is 1. The highest BCUT2D eigenvalue weighted by Gasteiger charge is 2.23. The minimum atomic E-state index is -3.87. The van der Waals surface area contributed by atoms with Crippen LogP contribution in [0.3, 0.4) is 0 Å². The predicted octanol–water partition coefficient (Wildman–Crippen LogP) is 2.74. The SMILES string of the molecule is Cc1ccc(S(=O)(=O)N[C@@H](C)C(=O)OCC(=O)c2ccc(Cl)cc2)cc1. The van der Waals surface area contributed by atoms with Gasteiger partial charge in [0, 0.05) is 10.6 Å². The van der Waals surface area contributed by atoms with Crippen LogP contribution in [0.4, 0.5) is 0 Å². The number of ketones is 1. The van der Waals surface area contributed by atoms with Crippen molar-refractivity contribution in [2.45, 2.75) is 24.8 Å². The molecule has 26 heavy (non-hydrogen) atoms. The molecule has 6 nitrogen and oxygen atoms in total. The second-order valence-electron chi connectivity index (χ2n) is 5.69. The van der Waals surface area contributed by atoms with Crippen LogP contribution >= 0.6 is 11.6 Å². The van der Waals surface area contributed by atoms with Crippen molar-refractivity contribution in [1.29, 1.82) is 0 Å². The Kier molecular flexibility index (Phi) is 6.52. The van der Waals surface area contributed by atoms with Crippen LogP contribution in [0.25, 0.3) is 0 Å². The van der Waals surface area contributed by atoms with Crippen molar-refractivity contribution >= 4 is 33.4 Å². The van der Waals surface area contributed by atoms with Crippen LogP contribution in [0, 0.1) is 6.92 Å². The summed E-state index contributed by atoms with van der Waals surface area (Å²) in [5.41, 5.74) is 1.26. The number of aryl methyl sites for hydroxylation is 1. The molecule has 1 atom stereocenters. The highest BCUT2D eigenvalue weighted by atomic mass is 35.5. The van der Waals surface area contributed by atoms with Gasteiger partial charge < -0.3 is 4.74 Å². The van der Waals surface area contributed by atoms with Gasteiger partial charge in [0.05, 0.1) is 4.90 Å². The molecule has 0 radical (unpaired) electrons. The van der Waals surface area contributed by atoms with Crippen molar-refractivity contribution in [3.05, 3.63) is 64.7 Å². The van der Waals surface area contributed by atoms with E-state index in [1.54, 1.807) is 24.3 Å². The molecule has 0 aliphatic heterocycles. The Morgan fingerprint density at radius 3 is 2.23 bits per heavy atom. The van der Waals surface area contributed by atoms with Gasteiger partial charge >= 0.3 is 5.97 Å². The molecule has 0 fully saturated rings. The van der Waals surface area contributed by atoms with E-state index in [1.807, 2.05) is 6.92 Å². The molecule has 2 aromatic rings. The van der Waals surface area contributed by atoms with Crippen molar-refractivity contribution in [1.82, 2.24) is 4.72 Å². The summed E-state index contributed by atoms with van der Waals surface area (Å²) >= 11 is 5.74. The maximum absolute atomic E-state index is 12.3. The molecular formula is C18H18ClNO5S. The number of hydrogen-bond donors (Lipinski definition) is 1. The van der Waals surface area contributed by atoms with E-state index in [2.05, 4.69) is 4.72 Å². The zero-order valence-corrected chi connectivity index (χ0v) is 15.8. The van der Waals surface area contributed by atoms with Gasteiger partial charge in [-0.2, -0.15) is 4.72 Å². The number of sulfonamides is 1. The molecule has 0 spiro atoms. The second kappa shape index (κ2) is 8.44. The largest absolute Gasteiger partial charge is 0.456 e. The van der Waals surface area contributed by atoms with Gasteiger partial charge in [0.15, 0.2) is 12.4 Å². The van der Waals surface area contributed by atoms with Crippen molar-refractivity contribution in [3.8, 4) is 0 Å². The number of carbonyl (C=O) groups excluding carboxylic acids is 2. The Morgan fingerprint density at radius 1 is 1.08 bits per heavy atom. The Labute approximate surface area is 157 Å². The highest BCUT2D eigenvalue weighted by molar-refractivity contribution is 7.89. The third-order valence-corrected chi connectivity index (χ3v) is 5.34. The number of rotatable bonds is 7. The normalized spacial score (nSPS) is 12.4. The first-order chi connectivity index (χ1) is 12.2. The lowest BCUT2D eigenvalue weighted by atomic mass is 10.1. The standard InChI is InChI=1S/C18H18ClNO5S/c1-12-3-9-16(10-4-12)26(23,24)20-13(2)18(22)25-11-17(21)14-5-7-15(19)8-6-14/h3-10,13,20H,11H2,1-2H3/t13-/m0/s1. The molecule has 1 N–H and O–H groups in total. The fourth-order valence-corrected chi connectivity index (χ4v) is 3.37. The number of benzene rings is 2. The van der Waals surface area contributed by atoms with E-state index >= 15 is 0 Å². The van der Waals surface area contributed by atoms with E-state index in [4.69, 9.17) is 16.3 Å². The highest BCUT2D eigenvalue weighted by Crippen LogP contribution is 2.12. The molecule has 0 aliphatic rings. The molecular weight excluding hydrogens is 378 g/mol. The van der Waals surface area contributed by atoms with E-state index in [-0.39, 0.29) is 4.90 Å². The number of hydrogen-bond acceptors (Lipinski definition) is 5. The summed E-state index contributed by atoms with van der Waals surface area (Å²) in [4.78, 5) is 24.0. The zero-order valence-electron chi connectivity index (χ0n) is 14.2. The Morgan fingerprint density at radius 2 is 1.65 bits per heavy atom. The first kappa shape index (κ1) is 20.1. The minimum absolute atomic E-state index is 0.0417. The average Bonchev–Trinajstić information content (AvgIpc) is 2.60. The fraction of sp³-hybridized carbons (Fsp3) is 0.222. The molecule has 0 aromatic heterocycles. The number of ether oxygens (including phenoxy) is 1. The number of carbonyl (C=O) groups is 2. The van der Waals surface area contributed by atoms with Crippen LogP contribution in [0.15, 0.2) is 53.4 Å². The lowest BCUT2D eigenvalue weighted by molar-refractivity contribution is -0.144. The van der Waals surface area contributed by atoms with Gasteiger partial charge in [0.2, 0.25) is 10.0 Å². The van der Waals surface area contributed by atoms with Gasteiger partial charge in [0.25, 0.3) is 0 Å². The van der Waals surface area contributed by atoms with Gasteiger partial charge in [-0.3, -0.25) is 9.59 Å². The summed E-state index contributed by atoms with van der Waals surface area (Å²) in [5, 5.41) is 0.484. The third kappa shape index (κ3) is 5.39. The van der Waals surface area contributed by atoms with Crippen LogP contribution in [0.2, 0.25) is 5.02 Å². The summed E-state index contributed by atoms with van der Waals surface area (Å²) in [7, 11) is -3.87. The molecule has 0 saturated heterocycles. The maximum Gasteiger partial charge on any atom is 0.324 e. The first-order valence-corrected chi connectivity index (χ1v) is 9.59. The Balaban J connectivity index is 1.93. The summed E-state index contributed by atoms with van der Waals surface area (Å²) in [6.45, 7) is 2.69. The molecule has 0 bridgehead atoms. The molecule has 8 heteroatoms. The van der Waals surface area contributed by atoms with Crippen LogP contribution in [-0.4, -0.2) is 32.8 Å². The smallest absolute Gasteiger partial charge is 0.324 e. The van der Waals surface area contributed by atoms with E-state index in [0.29, 0.717) is 10.6 Å². The van der Waals surface area contributed by atoms with Crippen LogP contribution < -0.4 is 4.72 Å². The Hall–Kier alpha value is -2.22. The fourth-order valence-electron chi connectivity index (χ4n) is 2.05. The van der Waals surface area contributed by atoms with E-state index in [0.717, 1.165) is 5.56 Å². The quantitative estimate of drug-likeness (QED) is 0.575. The third-order valence-electron chi connectivity index (χ3n) is 3.53. The van der Waals surface area contributed by atoms with Crippen LogP contribution in [0.1, 0.15) is 22.8 Å². The average molecular weight is 396 g/mol. The van der Waals surface area contributed by atoms with E-state index < -0.39 is 34.4 Å². The van der Waals surface area contributed by atoms with Gasteiger partial charge in [-0.25, -0.2) is 8.42 Å². The van der Waals surface area contributed by atoms with Crippen LogP contribution in [0.5, 0.6) is 0 Å². The lowest BCUT2D eigenvalue weighted by Crippen LogP contribution is -2.40. The summed E-state index contributed by atoms with van der Waals surface area (Å²) in [6, 6.07) is 11.2. The van der Waals surface area contributed by atoms with Gasteiger partial charge in [-0.1, -0.05) is 29.3 Å². The molecule has 0 heterocycles. The van der Waals surface area contributed by atoms with Gasteiger partial charge in [-0.05, 0) is 50.2 Å². The van der Waals surface area contributed by atoms with Gasteiger partial charge in [-0.15, -0.1) is 0 Å². The summed E-state index contributed by atoms with van der Waals surface area (Å²) in [5.74, 6) is -1.26. The number of nitrogens with one attached hydrogen (secondary N) is 1. The first-order valence-electron chi connectivity index (χ1n) is 7.73.